The lowest BCUT2D eigenvalue weighted by Crippen LogP contribution is -2.29. The third kappa shape index (κ3) is 3.50. The Morgan fingerprint density at radius 1 is 1.05 bits per heavy atom. The highest BCUT2D eigenvalue weighted by atomic mass is 32.2. The highest BCUT2D eigenvalue weighted by Gasteiger charge is 2.18. The molecule has 0 radical (unpaired) electrons. The Labute approximate surface area is 129 Å². The van der Waals surface area contributed by atoms with Crippen LogP contribution in [0.4, 0.5) is 0 Å². The van der Waals surface area contributed by atoms with E-state index in [-0.39, 0.29) is 6.04 Å². The smallest absolute Gasteiger partial charge is 0.124 e. The average molecular weight is 304 g/mol. The van der Waals surface area contributed by atoms with Crippen molar-refractivity contribution in [3.8, 4) is 11.5 Å². The normalized spacial score (nSPS) is 12.0. The summed E-state index contributed by atoms with van der Waals surface area (Å²) in [4.78, 5) is 1.21. The predicted octanol–water partition coefficient (Wildman–Crippen LogP) is 2.98. The second-order valence-electron chi connectivity index (χ2n) is 4.48. The van der Waals surface area contributed by atoms with E-state index in [1.54, 1.807) is 26.0 Å². The molecule has 5 heteroatoms. The molecule has 0 spiro atoms. The minimum Gasteiger partial charge on any atom is -0.497 e. The zero-order valence-corrected chi connectivity index (χ0v) is 13.2. The van der Waals surface area contributed by atoms with Crippen molar-refractivity contribution < 1.29 is 9.47 Å². The molecule has 0 amide bonds. The number of thioether (sulfide) groups is 1. The number of nitrogens with one attached hydrogen (secondary N) is 1. The molecule has 21 heavy (non-hydrogen) atoms. The number of hydrogen-bond acceptors (Lipinski definition) is 5. The molecule has 0 aliphatic carbocycles. The van der Waals surface area contributed by atoms with Gasteiger partial charge >= 0.3 is 0 Å². The van der Waals surface area contributed by atoms with Crippen LogP contribution in [0.1, 0.15) is 17.2 Å². The summed E-state index contributed by atoms with van der Waals surface area (Å²) < 4.78 is 10.7. The van der Waals surface area contributed by atoms with Gasteiger partial charge in [0.15, 0.2) is 0 Å². The summed E-state index contributed by atoms with van der Waals surface area (Å²) >= 11 is 1.71. The van der Waals surface area contributed by atoms with Gasteiger partial charge in [0.05, 0.1) is 20.3 Å². The van der Waals surface area contributed by atoms with Gasteiger partial charge in [0, 0.05) is 10.5 Å². The molecule has 3 N–H and O–H groups in total. The molecule has 1 unspecified atom stereocenters. The number of nitrogens with two attached hydrogens (primary N) is 1. The molecular weight excluding hydrogens is 284 g/mol. The molecule has 112 valence electrons. The maximum Gasteiger partial charge on any atom is 0.124 e. The van der Waals surface area contributed by atoms with Crippen molar-refractivity contribution in [2.45, 2.75) is 10.9 Å². The fourth-order valence-corrected chi connectivity index (χ4v) is 2.64. The molecule has 0 fully saturated rings. The van der Waals surface area contributed by atoms with Crippen molar-refractivity contribution in [2.24, 2.45) is 5.84 Å². The van der Waals surface area contributed by atoms with Gasteiger partial charge in [0.1, 0.15) is 11.5 Å². The van der Waals surface area contributed by atoms with Gasteiger partial charge in [-0.15, -0.1) is 11.8 Å². The first-order chi connectivity index (χ1) is 10.2. The van der Waals surface area contributed by atoms with Gasteiger partial charge in [0.25, 0.3) is 0 Å². The summed E-state index contributed by atoms with van der Waals surface area (Å²) in [5.74, 6) is 7.31. The van der Waals surface area contributed by atoms with Crippen LogP contribution in [-0.2, 0) is 0 Å². The van der Waals surface area contributed by atoms with E-state index in [9.17, 15) is 0 Å². The van der Waals surface area contributed by atoms with Crippen molar-refractivity contribution >= 4 is 11.8 Å². The Balaban J connectivity index is 2.43. The molecule has 2 aromatic carbocycles. The molecular formula is C16H20N2O2S. The Kier molecular flexibility index (Phi) is 5.50. The average Bonchev–Trinajstić information content (AvgIpc) is 2.56. The number of methoxy groups -OCH3 is 2. The van der Waals surface area contributed by atoms with E-state index in [4.69, 9.17) is 15.3 Å². The summed E-state index contributed by atoms with van der Waals surface area (Å²) in [7, 11) is 3.29. The summed E-state index contributed by atoms with van der Waals surface area (Å²) in [6.07, 6.45) is 2.05. The maximum atomic E-state index is 5.77. The minimum atomic E-state index is -0.161. The number of benzene rings is 2. The van der Waals surface area contributed by atoms with Crippen LogP contribution in [0.25, 0.3) is 0 Å². The van der Waals surface area contributed by atoms with Gasteiger partial charge in [-0.3, -0.25) is 5.84 Å². The number of hydrogen-bond donors (Lipinski definition) is 2. The zero-order chi connectivity index (χ0) is 15.2. The lowest BCUT2D eigenvalue weighted by molar-refractivity contribution is 0.394. The molecule has 0 bridgehead atoms. The molecule has 1 atom stereocenters. The quantitative estimate of drug-likeness (QED) is 0.488. The van der Waals surface area contributed by atoms with Crippen LogP contribution in [0.15, 0.2) is 47.4 Å². The molecule has 0 heterocycles. The second kappa shape index (κ2) is 7.36. The number of hydrazine groups is 1. The van der Waals surface area contributed by atoms with Crippen LogP contribution in [-0.4, -0.2) is 20.5 Å². The summed E-state index contributed by atoms with van der Waals surface area (Å²) in [5, 5.41) is 0. The van der Waals surface area contributed by atoms with Crippen molar-refractivity contribution in [3.05, 3.63) is 53.6 Å². The SMILES string of the molecule is COc1ccc(OC)c(C(NN)c2ccc(SC)cc2)c1. The van der Waals surface area contributed by atoms with E-state index in [1.165, 1.54) is 4.90 Å². The molecule has 0 aromatic heterocycles. The van der Waals surface area contributed by atoms with E-state index in [0.717, 1.165) is 22.6 Å². The molecule has 0 saturated carbocycles. The van der Waals surface area contributed by atoms with E-state index in [1.807, 2.05) is 18.2 Å². The van der Waals surface area contributed by atoms with Crippen LogP contribution < -0.4 is 20.7 Å². The lowest BCUT2D eigenvalue weighted by Gasteiger charge is -2.20. The summed E-state index contributed by atoms with van der Waals surface area (Å²) in [5.41, 5.74) is 4.87. The monoisotopic (exact) mass is 304 g/mol. The van der Waals surface area contributed by atoms with E-state index in [2.05, 4.69) is 35.9 Å². The van der Waals surface area contributed by atoms with Gasteiger partial charge in [-0.2, -0.15) is 0 Å². The predicted molar refractivity (Wildman–Crippen MR) is 86.9 cm³/mol. The largest absolute Gasteiger partial charge is 0.497 e. The molecule has 0 aliphatic heterocycles. The first kappa shape index (κ1) is 15.7. The van der Waals surface area contributed by atoms with Gasteiger partial charge in [0.2, 0.25) is 0 Å². The molecule has 2 rings (SSSR count). The summed E-state index contributed by atoms with van der Waals surface area (Å²) in [6, 6.07) is 13.8. The van der Waals surface area contributed by atoms with Gasteiger partial charge < -0.3 is 9.47 Å². The van der Waals surface area contributed by atoms with Crippen LogP contribution in [0.5, 0.6) is 11.5 Å². The van der Waals surface area contributed by atoms with Crippen molar-refractivity contribution in [2.75, 3.05) is 20.5 Å². The van der Waals surface area contributed by atoms with Gasteiger partial charge in [-0.05, 0) is 42.2 Å². The number of rotatable bonds is 6. The minimum absolute atomic E-state index is 0.161. The van der Waals surface area contributed by atoms with Gasteiger partial charge in [-0.25, -0.2) is 5.43 Å². The highest BCUT2D eigenvalue weighted by molar-refractivity contribution is 7.98. The van der Waals surface area contributed by atoms with Crippen LogP contribution >= 0.6 is 11.8 Å². The Bertz CT molecular complexity index is 587. The Morgan fingerprint density at radius 2 is 1.76 bits per heavy atom. The zero-order valence-electron chi connectivity index (χ0n) is 12.4. The fraction of sp³-hybridized carbons (Fsp3) is 0.250. The van der Waals surface area contributed by atoms with E-state index >= 15 is 0 Å². The first-order valence-corrected chi connectivity index (χ1v) is 7.78. The topological polar surface area (TPSA) is 56.5 Å². The Hall–Kier alpha value is -1.69. The van der Waals surface area contributed by atoms with E-state index < -0.39 is 0 Å². The van der Waals surface area contributed by atoms with Crippen LogP contribution in [0.3, 0.4) is 0 Å². The number of ether oxygens (including phenoxy) is 2. The lowest BCUT2D eigenvalue weighted by atomic mass is 9.98. The van der Waals surface area contributed by atoms with Crippen LogP contribution in [0, 0.1) is 0 Å². The van der Waals surface area contributed by atoms with Crippen molar-refractivity contribution in [3.63, 3.8) is 0 Å². The van der Waals surface area contributed by atoms with E-state index in [0.29, 0.717) is 0 Å². The second-order valence-corrected chi connectivity index (χ2v) is 5.36. The molecule has 0 saturated heterocycles. The van der Waals surface area contributed by atoms with Gasteiger partial charge in [-0.1, -0.05) is 12.1 Å². The van der Waals surface area contributed by atoms with Crippen LogP contribution in [0.2, 0.25) is 0 Å². The standard InChI is InChI=1S/C16H20N2O2S/c1-19-12-6-9-15(20-2)14(10-12)16(18-17)11-4-7-13(21-3)8-5-11/h4-10,16,18H,17H2,1-3H3. The third-order valence-corrected chi connectivity index (χ3v) is 4.11. The van der Waals surface area contributed by atoms with Crippen molar-refractivity contribution in [1.29, 1.82) is 0 Å². The molecule has 2 aromatic rings. The summed E-state index contributed by atoms with van der Waals surface area (Å²) in [6.45, 7) is 0. The molecule has 4 nitrogen and oxygen atoms in total. The first-order valence-electron chi connectivity index (χ1n) is 6.55. The fourth-order valence-electron chi connectivity index (χ4n) is 2.23. The highest BCUT2D eigenvalue weighted by Crippen LogP contribution is 2.33. The maximum absolute atomic E-state index is 5.77. The Morgan fingerprint density at radius 3 is 2.29 bits per heavy atom. The molecule has 0 aliphatic rings. The third-order valence-electron chi connectivity index (χ3n) is 3.36. The van der Waals surface area contributed by atoms with Crippen molar-refractivity contribution in [1.82, 2.24) is 5.43 Å².